The molecule has 0 radical (unpaired) electrons. The van der Waals surface area contributed by atoms with Crippen molar-refractivity contribution in [3.63, 3.8) is 0 Å². The van der Waals surface area contributed by atoms with Crippen molar-refractivity contribution in [3.05, 3.63) is 191 Å². The molecule has 0 aliphatic rings. The van der Waals surface area contributed by atoms with E-state index in [2.05, 4.69) is 174 Å². The second-order valence-electron chi connectivity index (χ2n) is 12.8. The summed E-state index contributed by atoms with van der Waals surface area (Å²) in [6, 6.07) is 56.2. The van der Waals surface area contributed by atoms with Gasteiger partial charge in [-0.3, -0.25) is 0 Å². The van der Waals surface area contributed by atoms with E-state index in [9.17, 15) is 0 Å². The van der Waals surface area contributed by atoms with Gasteiger partial charge in [0.2, 0.25) is 0 Å². The Bertz CT molecular complexity index is 1670. The van der Waals surface area contributed by atoms with Crippen molar-refractivity contribution in [2.75, 3.05) is 24.0 Å². The summed E-state index contributed by atoms with van der Waals surface area (Å²) in [5.74, 6) is 1.90. The van der Waals surface area contributed by atoms with Gasteiger partial charge in [0.15, 0.2) is 0 Å². The molecule has 0 aliphatic carbocycles. The standard InChI is InChI=1S/C46H48N2O2/c1-4-17-42(43-28-26-40(30-45(43)49-2)47(32-36-18-9-5-10-19-36)33-37-20-11-6-12-21-37)44-29-27-41(31-46(44)50-3)48(34-38-22-13-7-14-23-38)35-39-24-15-8-16-25-39/h5-16,18-31,42H,4,17,32-35H2,1-3H3. The van der Waals surface area contributed by atoms with E-state index in [-0.39, 0.29) is 5.92 Å². The summed E-state index contributed by atoms with van der Waals surface area (Å²) in [6.07, 6.45) is 2.00. The van der Waals surface area contributed by atoms with Gasteiger partial charge in [-0.05, 0) is 40.8 Å². The summed E-state index contributed by atoms with van der Waals surface area (Å²) in [5.41, 5.74) is 9.70. The molecule has 0 atom stereocenters. The van der Waals surface area contributed by atoms with E-state index in [1.165, 1.54) is 33.4 Å². The van der Waals surface area contributed by atoms with Crippen LogP contribution in [0.5, 0.6) is 11.5 Å². The highest BCUT2D eigenvalue weighted by atomic mass is 16.5. The van der Waals surface area contributed by atoms with Gasteiger partial charge in [-0.25, -0.2) is 0 Å². The zero-order valence-corrected chi connectivity index (χ0v) is 29.5. The molecule has 0 saturated heterocycles. The van der Waals surface area contributed by atoms with Crippen LogP contribution in [-0.4, -0.2) is 14.2 Å². The molecule has 0 spiro atoms. The highest BCUT2D eigenvalue weighted by Crippen LogP contribution is 2.42. The molecule has 6 rings (SSSR count). The SMILES string of the molecule is CCCC(c1ccc(N(Cc2ccccc2)Cc2ccccc2)cc1OC)c1ccc(N(Cc2ccccc2)Cc2ccccc2)cc1OC. The van der Waals surface area contributed by atoms with Crippen molar-refractivity contribution in [1.29, 1.82) is 0 Å². The predicted molar refractivity (Wildman–Crippen MR) is 208 cm³/mol. The van der Waals surface area contributed by atoms with E-state index in [4.69, 9.17) is 9.47 Å². The fourth-order valence-electron chi connectivity index (χ4n) is 6.83. The van der Waals surface area contributed by atoms with Gasteiger partial charge in [0, 0.05) is 66.7 Å². The van der Waals surface area contributed by atoms with E-state index < -0.39 is 0 Å². The van der Waals surface area contributed by atoms with Gasteiger partial charge in [-0.2, -0.15) is 0 Å². The molecule has 0 N–H and O–H groups in total. The fraction of sp³-hybridized carbons (Fsp3) is 0.217. The van der Waals surface area contributed by atoms with E-state index in [0.29, 0.717) is 0 Å². The maximum Gasteiger partial charge on any atom is 0.124 e. The first kappa shape index (κ1) is 34.4. The highest BCUT2D eigenvalue weighted by Gasteiger charge is 2.24. The normalized spacial score (nSPS) is 11.0. The molecular formula is C46H48N2O2. The van der Waals surface area contributed by atoms with Gasteiger partial charge in [-0.1, -0.05) is 147 Å². The molecule has 0 bridgehead atoms. The first-order valence-corrected chi connectivity index (χ1v) is 17.7. The molecule has 0 heterocycles. The molecule has 4 heteroatoms. The number of methoxy groups -OCH3 is 2. The summed E-state index contributed by atoms with van der Waals surface area (Å²) < 4.78 is 12.4. The molecule has 0 fully saturated rings. The van der Waals surface area contributed by atoms with Crippen LogP contribution in [0.15, 0.2) is 158 Å². The number of nitrogens with zero attached hydrogens (tertiary/aromatic N) is 2. The second kappa shape index (κ2) is 17.3. The van der Waals surface area contributed by atoms with Crippen LogP contribution in [0.4, 0.5) is 11.4 Å². The number of ether oxygens (including phenoxy) is 2. The van der Waals surface area contributed by atoms with Crippen LogP contribution in [0.3, 0.4) is 0 Å². The molecule has 0 unspecified atom stereocenters. The van der Waals surface area contributed by atoms with E-state index in [1.54, 1.807) is 14.2 Å². The Kier molecular flexibility index (Phi) is 11.9. The minimum absolute atomic E-state index is 0.112. The molecule has 0 aromatic heterocycles. The maximum absolute atomic E-state index is 6.18. The molecule has 0 amide bonds. The average molecular weight is 661 g/mol. The number of hydrogen-bond donors (Lipinski definition) is 0. The lowest BCUT2D eigenvalue weighted by Gasteiger charge is -2.29. The van der Waals surface area contributed by atoms with Crippen LogP contribution in [-0.2, 0) is 26.2 Å². The minimum atomic E-state index is 0.112. The van der Waals surface area contributed by atoms with Crippen molar-refractivity contribution < 1.29 is 9.47 Å². The Morgan fingerprint density at radius 3 is 1.04 bits per heavy atom. The third kappa shape index (κ3) is 8.75. The van der Waals surface area contributed by atoms with Crippen LogP contribution in [0.1, 0.15) is 59.1 Å². The van der Waals surface area contributed by atoms with Gasteiger partial charge in [-0.15, -0.1) is 0 Å². The van der Waals surface area contributed by atoms with Crippen molar-refractivity contribution in [2.24, 2.45) is 0 Å². The Labute approximate surface area is 298 Å². The number of hydrogen-bond acceptors (Lipinski definition) is 4. The third-order valence-corrected chi connectivity index (χ3v) is 9.36. The monoisotopic (exact) mass is 660 g/mol. The van der Waals surface area contributed by atoms with Crippen LogP contribution >= 0.6 is 0 Å². The lowest BCUT2D eigenvalue weighted by molar-refractivity contribution is 0.397. The van der Waals surface area contributed by atoms with Crippen molar-refractivity contribution in [3.8, 4) is 11.5 Å². The summed E-state index contributed by atoms with van der Waals surface area (Å²) >= 11 is 0. The average Bonchev–Trinajstić information content (AvgIpc) is 3.18. The van der Waals surface area contributed by atoms with Gasteiger partial charge in [0.05, 0.1) is 14.2 Å². The number of anilines is 2. The Hall–Kier alpha value is -5.48. The molecule has 254 valence electrons. The van der Waals surface area contributed by atoms with Crippen molar-refractivity contribution in [1.82, 2.24) is 0 Å². The largest absolute Gasteiger partial charge is 0.496 e. The predicted octanol–water partition coefficient (Wildman–Crippen LogP) is 11.0. The van der Waals surface area contributed by atoms with E-state index in [0.717, 1.165) is 61.9 Å². The molecule has 0 saturated carbocycles. The van der Waals surface area contributed by atoms with Gasteiger partial charge in [0.25, 0.3) is 0 Å². The number of benzene rings is 6. The van der Waals surface area contributed by atoms with Gasteiger partial charge < -0.3 is 19.3 Å². The van der Waals surface area contributed by atoms with E-state index in [1.807, 2.05) is 0 Å². The molecule has 50 heavy (non-hydrogen) atoms. The summed E-state index contributed by atoms with van der Waals surface area (Å²) in [5, 5.41) is 0. The molecule has 6 aromatic carbocycles. The van der Waals surface area contributed by atoms with Gasteiger partial charge >= 0.3 is 0 Å². The summed E-state index contributed by atoms with van der Waals surface area (Å²) in [4.78, 5) is 4.85. The third-order valence-electron chi connectivity index (χ3n) is 9.36. The highest BCUT2D eigenvalue weighted by molar-refractivity contribution is 5.60. The Morgan fingerprint density at radius 1 is 0.440 bits per heavy atom. The minimum Gasteiger partial charge on any atom is -0.496 e. The lowest BCUT2D eigenvalue weighted by Crippen LogP contribution is -2.22. The van der Waals surface area contributed by atoms with Gasteiger partial charge in [0.1, 0.15) is 11.5 Å². The van der Waals surface area contributed by atoms with Crippen LogP contribution in [0, 0.1) is 0 Å². The van der Waals surface area contributed by atoms with Crippen LogP contribution in [0.2, 0.25) is 0 Å². The topological polar surface area (TPSA) is 24.9 Å². The quantitative estimate of drug-likeness (QED) is 0.103. The zero-order chi connectivity index (χ0) is 34.5. The summed E-state index contributed by atoms with van der Waals surface area (Å²) in [7, 11) is 3.57. The first-order valence-electron chi connectivity index (χ1n) is 17.7. The molecule has 4 nitrogen and oxygen atoms in total. The van der Waals surface area contributed by atoms with Crippen LogP contribution < -0.4 is 19.3 Å². The fourth-order valence-corrected chi connectivity index (χ4v) is 6.83. The second-order valence-corrected chi connectivity index (χ2v) is 12.8. The lowest BCUT2D eigenvalue weighted by atomic mass is 9.86. The molecule has 6 aromatic rings. The number of rotatable bonds is 16. The maximum atomic E-state index is 6.18. The Balaban J connectivity index is 1.34. The molecule has 0 aliphatic heterocycles. The smallest absolute Gasteiger partial charge is 0.124 e. The summed E-state index contributed by atoms with van der Waals surface area (Å²) in [6.45, 7) is 5.45. The zero-order valence-electron chi connectivity index (χ0n) is 29.5. The van der Waals surface area contributed by atoms with Crippen molar-refractivity contribution >= 4 is 11.4 Å². The van der Waals surface area contributed by atoms with Crippen molar-refractivity contribution in [2.45, 2.75) is 51.9 Å². The first-order chi connectivity index (χ1) is 24.6. The van der Waals surface area contributed by atoms with Crippen LogP contribution in [0.25, 0.3) is 0 Å². The Morgan fingerprint density at radius 2 is 0.760 bits per heavy atom. The molecular weight excluding hydrogens is 613 g/mol. The van der Waals surface area contributed by atoms with E-state index >= 15 is 0 Å².